The van der Waals surface area contributed by atoms with Gasteiger partial charge in [0.2, 0.25) is 0 Å². The number of fused-ring (bicyclic) bond motifs is 1. The Morgan fingerprint density at radius 3 is 2.78 bits per heavy atom. The standard InChI is InChI=1S/C14H19N3S/c1-11-15-14-4-3-13(9-12(14)10-18-11)17-7-5-16(2)6-8-17/h3-4,9,15H,1,5-8,10H2,2H3. The normalized spacial score (nSPS) is 20.5. The minimum absolute atomic E-state index is 1.03. The zero-order valence-corrected chi connectivity index (χ0v) is 11.6. The predicted molar refractivity (Wildman–Crippen MR) is 80.2 cm³/mol. The van der Waals surface area contributed by atoms with Crippen LogP contribution >= 0.6 is 11.8 Å². The average Bonchev–Trinajstić information content (AvgIpc) is 2.39. The first-order chi connectivity index (χ1) is 8.72. The molecule has 1 saturated heterocycles. The monoisotopic (exact) mass is 261 g/mol. The molecule has 96 valence electrons. The van der Waals surface area contributed by atoms with E-state index in [9.17, 15) is 0 Å². The van der Waals surface area contributed by atoms with Crippen molar-refractivity contribution in [2.45, 2.75) is 5.75 Å². The smallest absolute Gasteiger partial charge is 0.0655 e. The van der Waals surface area contributed by atoms with Gasteiger partial charge in [0, 0.05) is 43.3 Å². The molecule has 1 aromatic carbocycles. The number of hydrogen-bond acceptors (Lipinski definition) is 4. The van der Waals surface area contributed by atoms with Crippen molar-refractivity contribution in [2.75, 3.05) is 43.4 Å². The lowest BCUT2D eigenvalue weighted by Crippen LogP contribution is -2.44. The highest BCUT2D eigenvalue weighted by Crippen LogP contribution is 2.35. The van der Waals surface area contributed by atoms with Gasteiger partial charge in [-0.05, 0) is 30.8 Å². The molecule has 0 aromatic heterocycles. The number of nitrogens with one attached hydrogen (secondary N) is 1. The van der Waals surface area contributed by atoms with E-state index in [1.807, 2.05) is 0 Å². The zero-order chi connectivity index (χ0) is 12.5. The van der Waals surface area contributed by atoms with E-state index in [1.165, 1.54) is 16.9 Å². The molecule has 0 unspecified atom stereocenters. The summed E-state index contributed by atoms with van der Waals surface area (Å²) in [6.07, 6.45) is 0. The number of hydrogen-bond donors (Lipinski definition) is 1. The maximum Gasteiger partial charge on any atom is 0.0655 e. The van der Waals surface area contributed by atoms with Crippen LogP contribution in [0.1, 0.15) is 5.56 Å². The highest BCUT2D eigenvalue weighted by Gasteiger charge is 2.17. The van der Waals surface area contributed by atoms with Crippen molar-refractivity contribution in [3.63, 3.8) is 0 Å². The van der Waals surface area contributed by atoms with Crippen LogP contribution in [0.2, 0.25) is 0 Å². The fraction of sp³-hybridized carbons (Fsp3) is 0.429. The van der Waals surface area contributed by atoms with Gasteiger partial charge < -0.3 is 15.1 Å². The quantitative estimate of drug-likeness (QED) is 0.837. The summed E-state index contributed by atoms with van der Waals surface area (Å²) in [7, 11) is 2.19. The highest BCUT2D eigenvalue weighted by molar-refractivity contribution is 8.02. The molecule has 0 bridgehead atoms. The van der Waals surface area contributed by atoms with Crippen molar-refractivity contribution in [3.05, 3.63) is 35.4 Å². The summed E-state index contributed by atoms with van der Waals surface area (Å²) in [5.74, 6) is 1.03. The molecule has 1 fully saturated rings. The minimum atomic E-state index is 1.03. The Morgan fingerprint density at radius 2 is 2.00 bits per heavy atom. The van der Waals surface area contributed by atoms with Gasteiger partial charge in [0.15, 0.2) is 0 Å². The van der Waals surface area contributed by atoms with Gasteiger partial charge in [-0.25, -0.2) is 0 Å². The molecule has 2 aliphatic rings. The Bertz CT molecular complexity index is 464. The summed E-state index contributed by atoms with van der Waals surface area (Å²) >= 11 is 1.78. The third-order valence-corrected chi connectivity index (χ3v) is 4.54. The van der Waals surface area contributed by atoms with E-state index >= 15 is 0 Å². The Balaban J connectivity index is 1.80. The molecule has 0 atom stereocenters. The van der Waals surface area contributed by atoms with Gasteiger partial charge in [-0.3, -0.25) is 0 Å². The van der Waals surface area contributed by atoms with Crippen LogP contribution in [-0.4, -0.2) is 38.1 Å². The maximum atomic E-state index is 3.97. The van der Waals surface area contributed by atoms with Crippen molar-refractivity contribution in [2.24, 2.45) is 0 Å². The summed E-state index contributed by atoms with van der Waals surface area (Å²) in [5, 5.41) is 4.39. The van der Waals surface area contributed by atoms with E-state index in [0.717, 1.165) is 37.0 Å². The third kappa shape index (κ3) is 2.35. The van der Waals surface area contributed by atoms with Gasteiger partial charge in [-0.1, -0.05) is 6.58 Å². The molecule has 1 N–H and O–H groups in total. The first-order valence-electron chi connectivity index (χ1n) is 6.37. The maximum absolute atomic E-state index is 3.97. The first-order valence-corrected chi connectivity index (χ1v) is 7.36. The molecule has 18 heavy (non-hydrogen) atoms. The number of piperazine rings is 1. The second-order valence-electron chi connectivity index (χ2n) is 4.97. The number of likely N-dealkylation sites (N-methyl/N-ethyl adjacent to an activating group) is 1. The van der Waals surface area contributed by atoms with Gasteiger partial charge >= 0.3 is 0 Å². The van der Waals surface area contributed by atoms with E-state index < -0.39 is 0 Å². The van der Waals surface area contributed by atoms with E-state index in [2.05, 4.69) is 46.9 Å². The van der Waals surface area contributed by atoms with Crippen LogP contribution in [0.15, 0.2) is 29.8 Å². The van der Waals surface area contributed by atoms with Crippen molar-refractivity contribution in [3.8, 4) is 0 Å². The molecule has 4 heteroatoms. The largest absolute Gasteiger partial charge is 0.369 e. The number of thioether (sulfide) groups is 1. The Labute approximate surface area is 113 Å². The number of nitrogens with zero attached hydrogens (tertiary/aromatic N) is 2. The lowest BCUT2D eigenvalue weighted by Gasteiger charge is -2.34. The van der Waals surface area contributed by atoms with Gasteiger partial charge in [0.05, 0.1) is 5.03 Å². The topological polar surface area (TPSA) is 18.5 Å². The van der Waals surface area contributed by atoms with Crippen LogP contribution in [0.25, 0.3) is 0 Å². The van der Waals surface area contributed by atoms with Gasteiger partial charge in [0.1, 0.15) is 0 Å². The molecule has 0 saturated carbocycles. The zero-order valence-electron chi connectivity index (χ0n) is 10.8. The van der Waals surface area contributed by atoms with Crippen LogP contribution in [0.5, 0.6) is 0 Å². The van der Waals surface area contributed by atoms with Crippen LogP contribution in [0, 0.1) is 0 Å². The molecule has 2 heterocycles. The fourth-order valence-electron chi connectivity index (χ4n) is 2.43. The van der Waals surface area contributed by atoms with Gasteiger partial charge in [-0.15, -0.1) is 11.8 Å². The van der Waals surface area contributed by atoms with Gasteiger partial charge in [-0.2, -0.15) is 0 Å². The molecule has 2 aliphatic heterocycles. The SMILES string of the molecule is C=C1Nc2ccc(N3CCN(C)CC3)cc2CS1. The van der Waals surface area contributed by atoms with E-state index in [1.54, 1.807) is 11.8 Å². The molecular weight excluding hydrogens is 242 g/mol. The first kappa shape index (κ1) is 11.9. The van der Waals surface area contributed by atoms with Crippen molar-refractivity contribution in [1.82, 2.24) is 4.90 Å². The number of rotatable bonds is 1. The summed E-state index contributed by atoms with van der Waals surface area (Å²) in [5.41, 5.74) is 3.97. The number of benzene rings is 1. The highest BCUT2D eigenvalue weighted by atomic mass is 32.2. The fourth-order valence-corrected chi connectivity index (χ4v) is 3.18. The van der Waals surface area contributed by atoms with Gasteiger partial charge in [0.25, 0.3) is 0 Å². The number of anilines is 2. The van der Waals surface area contributed by atoms with E-state index in [0.29, 0.717) is 0 Å². The summed E-state index contributed by atoms with van der Waals surface area (Å²) in [4.78, 5) is 4.87. The molecule has 0 spiro atoms. The molecule has 3 nitrogen and oxygen atoms in total. The second-order valence-corrected chi connectivity index (χ2v) is 6.04. The summed E-state index contributed by atoms with van der Waals surface area (Å²) < 4.78 is 0. The van der Waals surface area contributed by atoms with Crippen molar-refractivity contribution < 1.29 is 0 Å². The molecule has 0 aliphatic carbocycles. The van der Waals surface area contributed by atoms with Crippen LogP contribution in [0.4, 0.5) is 11.4 Å². The summed E-state index contributed by atoms with van der Waals surface area (Å²) in [6, 6.07) is 6.74. The second kappa shape index (κ2) is 4.86. The van der Waals surface area contributed by atoms with Crippen LogP contribution in [0.3, 0.4) is 0 Å². The Kier molecular flexibility index (Phi) is 3.22. The van der Waals surface area contributed by atoms with Crippen LogP contribution in [-0.2, 0) is 5.75 Å². The molecule has 0 amide bonds. The van der Waals surface area contributed by atoms with Crippen LogP contribution < -0.4 is 10.2 Å². The third-order valence-electron chi connectivity index (χ3n) is 3.63. The molecule has 1 aromatic rings. The lowest BCUT2D eigenvalue weighted by atomic mass is 10.1. The molecule has 0 radical (unpaired) electrons. The Morgan fingerprint density at radius 1 is 1.22 bits per heavy atom. The van der Waals surface area contributed by atoms with Crippen molar-refractivity contribution in [1.29, 1.82) is 0 Å². The summed E-state index contributed by atoms with van der Waals surface area (Å²) in [6.45, 7) is 8.53. The average molecular weight is 261 g/mol. The molecular formula is C14H19N3S. The van der Waals surface area contributed by atoms with E-state index in [-0.39, 0.29) is 0 Å². The predicted octanol–water partition coefficient (Wildman–Crippen LogP) is 2.57. The lowest BCUT2D eigenvalue weighted by molar-refractivity contribution is 0.313. The minimum Gasteiger partial charge on any atom is -0.369 e. The Hall–Kier alpha value is -1.13. The van der Waals surface area contributed by atoms with E-state index in [4.69, 9.17) is 0 Å². The molecule has 3 rings (SSSR count). The van der Waals surface area contributed by atoms with Crippen molar-refractivity contribution >= 4 is 23.1 Å².